The number of hydrogen-bond acceptors (Lipinski definition) is 7. The molecule has 0 saturated carbocycles. The van der Waals surface area contributed by atoms with Gasteiger partial charge in [0.2, 0.25) is 5.43 Å². The maximum atomic E-state index is 11.9. The molecule has 0 unspecified atom stereocenters. The van der Waals surface area contributed by atoms with Gasteiger partial charge in [-0.2, -0.15) is 8.42 Å². The fraction of sp³-hybridized carbons (Fsp3) is 0. The van der Waals surface area contributed by atoms with Crippen molar-refractivity contribution in [2.75, 3.05) is 0 Å². The van der Waals surface area contributed by atoms with Crippen LogP contribution in [0.5, 0.6) is 17.2 Å². The summed E-state index contributed by atoms with van der Waals surface area (Å²) in [5.74, 6) is -1.54. The first-order chi connectivity index (χ1) is 13.2. The zero-order valence-corrected chi connectivity index (χ0v) is 14.8. The van der Waals surface area contributed by atoms with E-state index < -0.39 is 37.7 Å². The second-order valence-corrected chi connectivity index (χ2v) is 7.49. The zero-order chi connectivity index (χ0) is 20.2. The SMILES string of the molecule is O=c1cc2oc3cc(O)c(O)cc3c(-c3ccccc3S(=O)(=O)O)c-2cc1O. The first-order valence-electron chi connectivity index (χ1n) is 7.89. The van der Waals surface area contributed by atoms with Crippen molar-refractivity contribution in [2.24, 2.45) is 0 Å². The average Bonchev–Trinajstić information content (AvgIpc) is 2.62. The summed E-state index contributed by atoms with van der Waals surface area (Å²) in [4.78, 5) is 11.4. The maximum Gasteiger partial charge on any atom is 0.295 e. The van der Waals surface area contributed by atoms with Crippen molar-refractivity contribution in [3.05, 3.63) is 58.8 Å². The molecule has 2 aromatic rings. The monoisotopic (exact) mass is 400 g/mol. The first kappa shape index (κ1) is 17.8. The lowest BCUT2D eigenvalue weighted by Gasteiger charge is -2.17. The molecule has 28 heavy (non-hydrogen) atoms. The number of phenolic OH excluding ortho intramolecular Hbond substituents is 3. The molecular weight excluding hydrogens is 388 g/mol. The van der Waals surface area contributed by atoms with Crippen molar-refractivity contribution in [2.45, 2.75) is 4.90 Å². The third-order valence-electron chi connectivity index (χ3n) is 4.33. The third kappa shape index (κ3) is 2.73. The van der Waals surface area contributed by atoms with Gasteiger partial charge in [-0.05, 0) is 18.2 Å². The fourth-order valence-electron chi connectivity index (χ4n) is 3.12. The Bertz CT molecular complexity index is 1390. The predicted octanol–water partition coefficient (Wildman–Crippen LogP) is 2.93. The molecule has 9 heteroatoms. The zero-order valence-electron chi connectivity index (χ0n) is 13.9. The van der Waals surface area contributed by atoms with Gasteiger partial charge in [0, 0.05) is 34.2 Å². The highest BCUT2D eigenvalue weighted by molar-refractivity contribution is 7.86. The molecular formula is C19H12O8S. The van der Waals surface area contributed by atoms with Gasteiger partial charge >= 0.3 is 0 Å². The summed E-state index contributed by atoms with van der Waals surface area (Å²) in [6.07, 6.45) is 0. The normalized spacial score (nSPS) is 11.9. The van der Waals surface area contributed by atoms with Crippen LogP contribution in [0, 0.1) is 0 Å². The number of phenols is 3. The molecule has 2 aromatic carbocycles. The van der Waals surface area contributed by atoms with Crippen LogP contribution < -0.4 is 5.43 Å². The summed E-state index contributed by atoms with van der Waals surface area (Å²) in [5, 5.41) is 29.8. The second kappa shape index (κ2) is 5.98. The van der Waals surface area contributed by atoms with Crippen LogP contribution in [0.3, 0.4) is 0 Å². The summed E-state index contributed by atoms with van der Waals surface area (Å²) in [5.41, 5.74) is -0.263. The van der Waals surface area contributed by atoms with Crippen LogP contribution in [0.2, 0.25) is 0 Å². The van der Waals surface area contributed by atoms with Crippen LogP contribution in [0.15, 0.2) is 62.6 Å². The molecule has 8 nitrogen and oxygen atoms in total. The predicted molar refractivity (Wildman–Crippen MR) is 99.4 cm³/mol. The van der Waals surface area contributed by atoms with Crippen molar-refractivity contribution in [1.82, 2.24) is 0 Å². The number of benzene rings is 3. The standard InChI is InChI=1S/C19H12O8S/c20-12-5-10-16(7-14(12)22)27-17-8-15(23)13(21)6-11(17)19(10)9-3-1-2-4-18(9)28(24,25)26/h1-8,20-22H,(H,24,25,26). The van der Waals surface area contributed by atoms with Crippen LogP contribution in [0.25, 0.3) is 33.4 Å². The Hall–Kier alpha value is -3.56. The topological polar surface area (TPSA) is 145 Å². The van der Waals surface area contributed by atoms with E-state index >= 15 is 0 Å². The van der Waals surface area contributed by atoms with Gasteiger partial charge in [-0.3, -0.25) is 9.35 Å². The van der Waals surface area contributed by atoms with E-state index in [0.717, 1.165) is 24.3 Å². The molecule has 1 aliphatic carbocycles. The highest BCUT2D eigenvalue weighted by Gasteiger charge is 2.25. The van der Waals surface area contributed by atoms with Gasteiger partial charge in [0.1, 0.15) is 16.2 Å². The Kier molecular flexibility index (Phi) is 3.81. The molecule has 4 N–H and O–H groups in total. The number of rotatable bonds is 2. The van der Waals surface area contributed by atoms with Crippen molar-refractivity contribution >= 4 is 21.1 Å². The second-order valence-electron chi connectivity index (χ2n) is 6.10. The molecule has 0 aromatic heterocycles. The Morgan fingerprint density at radius 1 is 0.821 bits per heavy atom. The molecule has 4 rings (SSSR count). The van der Waals surface area contributed by atoms with E-state index in [4.69, 9.17) is 4.42 Å². The van der Waals surface area contributed by atoms with Gasteiger partial charge in [0.05, 0.1) is 0 Å². The Balaban J connectivity index is 2.29. The van der Waals surface area contributed by atoms with Crippen LogP contribution in [-0.4, -0.2) is 28.3 Å². The van der Waals surface area contributed by atoms with E-state index in [0.29, 0.717) is 0 Å². The minimum absolute atomic E-state index is 0.0144. The van der Waals surface area contributed by atoms with E-state index in [1.165, 1.54) is 24.3 Å². The van der Waals surface area contributed by atoms with Gasteiger partial charge in [-0.1, -0.05) is 18.2 Å². The van der Waals surface area contributed by atoms with Gasteiger partial charge < -0.3 is 19.7 Å². The smallest absolute Gasteiger partial charge is 0.295 e. The summed E-state index contributed by atoms with van der Waals surface area (Å²) >= 11 is 0. The van der Waals surface area contributed by atoms with E-state index in [9.17, 15) is 33.1 Å². The molecule has 0 radical (unpaired) electrons. The van der Waals surface area contributed by atoms with E-state index in [1.807, 2.05) is 0 Å². The molecule has 1 heterocycles. The highest BCUT2D eigenvalue weighted by Crippen LogP contribution is 2.45. The minimum Gasteiger partial charge on any atom is -0.504 e. The average molecular weight is 400 g/mol. The highest BCUT2D eigenvalue weighted by atomic mass is 32.2. The fourth-order valence-corrected chi connectivity index (χ4v) is 3.82. The maximum absolute atomic E-state index is 11.9. The Morgan fingerprint density at radius 3 is 2.21 bits per heavy atom. The summed E-state index contributed by atoms with van der Waals surface area (Å²) in [7, 11) is -4.62. The minimum atomic E-state index is -4.62. The molecule has 0 saturated heterocycles. The lowest BCUT2D eigenvalue weighted by molar-refractivity contribution is 0.404. The first-order valence-corrected chi connectivity index (χ1v) is 9.33. The van der Waals surface area contributed by atoms with Crippen molar-refractivity contribution in [3.63, 3.8) is 0 Å². The molecule has 0 atom stereocenters. The van der Waals surface area contributed by atoms with Gasteiger partial charge in [0.25, 0.3) is 10.1 Å². The Morgan fingerprint density at radius 2 is 1.50 bits per heavy atom. The molecule has 0 bridgehead atoms. The molecule has 1 aliphatic heterocycles. The number of hydrogen-bond donors (Lipinski definition) is 4. The van der Waals surface area contributed by atoms with Crippen LogP contribution in [0.4, 0.5) is 0 Å². The van der Waals surface area contributed by atoms with Crippen molar-refractivity contribution in [3.8, 4) is 39.7 Å². The Labute approximate surface area is 157 Å². The lowest BCUT2D eigenvalue weighted by atomic mass is 9.93. The molecule has 2 aliphatic rings. The summed E-state index contributed by atoms with van der Waals surface area (Å²) < 4.78 is 39.0. The number of aromatic hydroxyl groups is 3. The van der Waals surface area contributed by atoms with Gasteiger partial charge in [-0.25, -0.2) is 0 Å². The molecule has 0 amide bonds. The lowest BCUT2D eigenvalue weighted by Crippen LogP contribution is -2.04. The quantitative estimate of drug-likeness (QED) is 0.228. The van der Waals surface area contributed by atoms with Crippen molar-refractivity contribution < 1.29 is 32.7 Å². The van der Waals surface area contributed by atoms with Crippen LogP contribution >= 0.6 is 0 Å². The molecule has 142 valence electrons. The van der Waals surface area contributed by atoms with Crippen molar-refractivity contribution in [1.29, 1.82) is 0 Å². The van der Waals surface area contributed by atoms with E-state index in [-0.39, 0.29) is 33.4 Å². The van der Waals surface area contributed by atoms with E-state index in [1.54, 1.807) is 0 Å². The summed E-state index contributed by atoms with van der Waals surface area (Å²) in [6, 6.07) is 9.97. The van der Waals surface area contributed by atoms with Gasteiger partial charge in [0.15, 0.2) is 17.2 Å². The van der Waals surface area contributed by atoms with Crippen LogP contribution in [-0.2, 0) is 10.1 Å². The van der Waals surface area contributed by atoms with Crippen LogP contribution in [0.1, 0.15) is 0 Å². The van der Waals surface area contributed by atoms with Gasteiger partial charge in [-0.15, -0.1) is 0 Å². The molecule has 0 fully saturated rings. The van der Waals surface area contributed by atoms with E-state index in [2.05, 4.69) is 0 Å². The molecule has 0 spiro atoms. The number of fused-ring (bicyclic) bond motifs is 2. The third-order valence-corrected chi connectivity index (χ3v) is 5.24. The summed E-state index contributed by atoms with van der Waals surface area (Å²) in [6.45, 7) is 0. The largest absolute Gasteiger partial charge is 0.504 e.